The quantitative estimate of drug-likeness (QED) is 0.140. The van der Waals surface area contributed by atoms with Gasteiger partial charge < -0.3 is 14.5 Å². The number of alkyl carbamates (subject to hydrolysis) is 1. The van der Waals surface area contributed by atoms with Gasteiger partial charge in [-0.25, -0.2) is 14.6 Å². The molecule has 0 heterocycles. The van der Waals surface area contributed by atoms with Crippen LogP contribution in [0.1, 0.15) is 25.7 Å². The maximum atomic E-state index is 11.3. The molecular formula is C13H26F6N3O3P. The van der Waals surface area contributed by atoms with Crippen molar-refractivity contribution in [2.45, 2.75) is 25.7 Å². The van der Waals surface area contributed by atoms with Crippen molar-refractivity contribution in [2.75, 3.05) is 47.4 Å². The Labute approximate surface area is 148 Å². The van der Waals surface area contributed by atoms with Crippen LogP contribution in [0.3, 0.4) is 0 Å². The van der Waals surface area contributed by atoms with Crippen LogP contribution in [0, 0.1) is 0 Å². The van der Waals surface area contributed by atoms with Crippen molar-refractivity contribution in [3.8, 4) is 0 Å². The van der Waals surface area contributed by atoms with E-state index in [4.69, 9.17) is 4.74 Å². The van der Waals surface area contributed by atoms with Crippen molar-refractivity contribution in [2.24, 2.45) is 4.99 Å². The Morgan fingerprint density at radius 3 is 2.00 bits per heavy atom. The van der Waals surface area contributed by atoms with E-state index in [2.05, 4.69) is 31.5 Å². The van der Waals surface area contributed by atoms with E-state index in [1.165, 1.54) is 6.08 Å². The van der Waals surface area contributed by atoms with E-state index in [1.807, 2.05) is 0 Å². The van der Waals surface area contributed by atoms with Gasteiger partial charge in [0, 0.05) is 6.54 Å². The molecule has 0 saturated heterocycles. The fourth-order valence-corrected chi connectivity index (χ4v) is 1.37. The molecule has 0 unspecified atom stereocenters. The average molecular weight is 417 g/mol. The molecule has 1 N–H and O–H groups in total. The predicted octanol–water partition coefficient (Wildman–Crippen LogP) is 4.70. The summed E-state index contributed by atoms with van der Waals surface area (Å²) in [5.74, 6) is 0. The molecule has 0 radical (unpaired) electrons. The summed E-state index contributed by atoms with van der Waals surface area (Å²) in [6.45, 7) is 2.40. The Bertz CT molecular complexity index is 461. The molecule has 0 bridgehead atoms. The summed E-state index contributed by atoms with van der Waals surface area (Å²) in [5.41, 5.74) is 0. The molecule has 0 aliphatic heterocycles. The second kappa shape index (κ2) is 10.1. The van der Waals surface area contributed by atoms with Gasteiger partial charge in [0.1, 0.15) is 13.2 Å². The summed E-state index contributed by atoms with van der Waals surface area (Å²) >= 11 is 0. The molecule has 26 heavy (non-hydrogen) atoms. The van der Waals surface area contributed by atoms with Gasteiger partial charge in [0.15, 0.2) is 0 Å². The molecule has 0 aromatic heterocycles. The predicted molar refractivity (Wildman–Crippen MR) is 87.3 cm³/mol. The number of nitrogens with one attached hydrogen (secondary N) is 1. The first-order valence-corrected chi connectivity index (χ1v) is 9.74. The molecule has 1 amide bonds. The number of halogens is 6. The average Bonchev–Trinajstić information content (AvgIpc) is 2.36. The van der Waals surface area contributed by atoms with E-state index >= 15 is 0 Å². The second-order valence-corrected chi connectivity index (χ2v) is 8.34. The van der Waals surface area contributed by atoms with Crippen molar-refractivity contribution in [3.63, 3.8) is 0 Å². The van der Waals surface area contributed by atoms with Gasteiger partial charge in [-0.05, 0) is 12.8 Å². The zero-order valence-corrected chi connectivity index (χ0v) is 15.9. The Kier molecular flexibility index (Phi) is 10.4. The van der Waals surface area contributed by atoms with E-state index in [0.29, 0.717) is 19.7 Å². The number of unbranched alkanes of at least 4 members (excludes halogenated alkanes) is 3. The Balaban J connectivity index is 0. The third-order valence-electron chi connectivity index (χ3n) is 2.53. The van der Waals surface area contributed by atoms with Crippen LogP contribution < -0.4 is 5.32 Å². The van der Waals surface area contributed by atoms with Gasteiger partial charge in [-0.3, -0.25) is 0 Å². The molecular weight excluding hydrogens is 391 g/mol. The number of rotatable bonds is 10. The molecule has 0 atom stereocenters. The van der Waals surface area contributed by atoms with Gasteiger partial charge in [0.25, 0.3) is 0 Å². The van der Waals surface area contributed by atoms with E-state index in [0.717, 1.165) is 36.7 Å². The Hall–Kier alpha value is -1.38. The molecule has 0 saturated carbocycles. The number of likely N-dealkylation sites (N-methyl/N-ethyl adjacent to an activating group) is 1. The first-order valence-electron chi connectivity index (χ1n) is 7.72. The number of carbonyl (C=O) groups is 1. The van der Waals surface area contributed by atoms with Gasteiger partial charge in [0.2, 0.25) is 6.08 Å². The molecule has 0 rings (SSSR count). The topological polar surface area (TPSA) is 67.8 Å². The van der Waals surface area contributed by atoms with Gasteiger partial charge in [-0.2, -0.15) is 0 Å². The standard InChI is InChI=1S/C13H25N3O3.F6P/c1-16(2,3)10-11-19-13(18)15-9-7-5-4-6-8-14-12-17;1-7(2,3,4,5)6/h4-11H2,1-3H3;/q;-1/p+1. The van der Waals surface area contributed by atoms with Gasteiger partial charge in [-0.1, -0.05) is 12.8 Å². The third-order valence-corrected chi connectivity index (χ3v) is 2.53. The van der Waals surface area contributed by atoms with E-state index < -0.39 is 7.81 Å². The number of amides is 1. The summed E-state index contributed by atoms with van der Waals surface area (Å²) in [5, 5.41) is 2.72. The summed E-state index contributed by atoms with van der Waals surface area (Å²) in [6.07, 6.45) is 4.98. The minimum atomic E-state index is -10.7. The number of aliphatic imine (C=N–C) groups is 1. The van der Waals surface area contributed by atoms with Crippen molar-refractivity contribution in [1.29, 1.82) is 0 Å². The van der Waals surface area contributed by atoms with Gasteiger partial charge >= 0.3 is 39.1 Å². The van der Waals surface area contributed by atoms with Crippen LogP contribution in [0.4, 0.5) is 30.0 Å². The van der Waals surface area contributed by atoms with Crippen molar-refractivity contribution < 1.29 is 44.0 Å². The van der Waals surface area contributed by atoms with Crippen LogP contribution in [-0.2, 0) is 9.53 Å². The molecule has 0 aliphatic rings. The zero-order valence-electron chi connectivity index (χ0n) is 15.0. The molecule has 0 fully saturated rings. The summed E-state index contributed by atoms with van der Waals surface area (Å²) in [7, 11) is -4.50. The second-order valence-electron chi connectivity index (χ2n) is 6.42. The van der Waals surface area contributed by atoms with Crippen LogP contribution in [0.5, 0.6) is 0 Å². The number of ether oxygens (including phenoxy) is 1. The third kappa shape index (κ3) is 43.3. The Morgan fingerprint density at radius 1 is 1.04 bits per heavy atom. The van der Waals surface area contributed by atoms with Crippen molar-refractivity contribution >= 4 is 20.0 Å². The first kappa shape index (κ1) is 26.8. The molecule has 6 nitrogen and oxygen atoms in total. The van der Waals surface area contributed by atoms with E-state index in [1.54, 1.807) is 0 Å². The van der Waals surface area contributed by atoms with Crippen molar-refractivity contribution in [1.82, 2.24) is 5.32 Å². The number of hydrogen-bond donors (Lipinski definition) is 1. The fraction of sp³-hybridized carbons (Fsp3) is 0.846. The minimum absolute atomic E-state index is 0.348. The molecule has 158 valence electrons. The summed E-state index contributed by atoms with van der Waals surface area (Å²) in [6, 6.07) is 0. The van der Waals surface area contributed by atoms with E-state index in [9.17, 15) is 34.8 Å². The number of carbonyl (C=O) groups excluding carboxylic acids is 2. The molecule has 0 aromatic rings. The van der Waals surface area contributed by atoms with Crippen LogP contribution in [0.25, 0.3) is 0 Å². The molecule has 0 aliphatic carbocycles. The number of quaternary nitrogens is 1. The fourth-order valence-electron chi connectivity index (χ4n) is 1.37. The maximum absolute atomic E-state index is 11.3. The number of nitrogens with zero attached hydrogens (tertiary/aromatic N) is 2. The first-order chi connectivity index (χ1) is 11.4. The molecule has 0 aromatic carbocycles. The van der Waals surface area contributed by atoms with Crippen LogP contribution >= 0.6 is 7.81 Å². The number of hydrogen-bond acceptors (Lipinski definition) is 4. The Morgan fingerprint density at radius 2 is 1.54 bits per heavy atom. The van der Waals surface area contributed by atoms with Crippen molar-refractivity contribution in [3.05, 3.63) is 0 Å². The normalized spacial score (nSPS) is 14.0. The van der Waals surface area contributed by atoms with Crippen LogP contribution in [0.15, 0.2) is 4.99 Å². The molecule has 0 spiro atoms. The van der Waals surface area contributed by atoms with Gasteiger partial charge in [-0.15, -0.1) is 0 Å². The summed E-state index contributed by atoms with van der Waals surface area (Å²) in [4.78, 5) is 24.6. The monoisotopic (exact) mass is 417 g/mol. The van der Waals surface area contributed by atoms with Crippen LogP contribution in [0.2, 0.25) is 0 Å². The van der Waals surface area contributed by atoms with Crippen LogP contribution in [-0.4, -0.2) is 64.0 Å². The number of isocyanates is 1. The summed E-state index contributed by atoms with van der Waals surface area (Å²) < 4.78 is 65.0. The molecule has 13 heteroatoms. The van der Waals surface area contributed by atoms with Gasteiger partial charge in [0.05, 0.1) is 27.7 Å². The zero-order chi connectivity index (χ0) is 21.0. The SMILES string of the molecule is C[N+](C)(C)CCOC(=O)NCCCCCCN=C=O.F[P-](F)(F)(F)(F)F. The van der Waals surface area contributed by atoms with E-state index in [-0.39, 0.29) is 6.09 Å².